The summed E-state index contributed by atoms with van der Waals surface area (Å²) in [7, 11) is 0. The lowest BCUT2D eigenvalue weighted by Crippen LogP contribution is -2.26. The lowest BCUT2D eigenvalue weighted by atomic mass is 9.91. The molecule has 0 aromatic heterocycles. The van der Waals surface area contributed by atoms with Crippen molar-refractivity contribution in [1.29, 1.82) is 0 Å². The topological polar surface area (TPSA) is 81.5 Å². The molecular weight excluding hydrogens is 269 g/mol. The number of hydrogen-bond donors (Lipinski definition) is 2. The van der Waals surface area contributed by atoms with Gasteiger partial charge in [-0.3, -0.25) is 4.79 Å². The molecule has 0 aliphatic heterocycles. The van der Waals surface area contributed by atoms with E-state index in [1.165, 1.54) is 12.1 Å². The highest BCUT2D eigenvalue weighted by molar-refractivity contribution is 5.95. The van der Waals surface area contributed by atoms with E-state index >= 15 is 0 Å². The van der Waals surface area contributed by atoms with E-state index < -0.39 is 11.8 Å². The van der Waals surface area contributed by atoms with Gasteiger partial charge in [0.15, 0.2) is 5.96 Å². The zero-order valence-corrected chi connectivity index (χ0v) is 11.4. The fraction of sp³-hybridized carbons (Fsp3) is 0.125. The first kappa shape index (κ1) is 14.7. The number of benzene rings is 2. The first-order valence-electron chi connectivity index (χ1n) is 6.49. The number of nitrogens with zero attached hydrogens (tertiary/aromatic N) is 1. The highest BCUT2D eigenvalue weighted by atomic mass is 19.1. The third kappa shape index (κ3) is 4.14. The predicted molar refractivity (Wildman–Crippen MR) is 80.1 cm³/mol. The lowest BCUT2D eigenvalue weighted by molar-refractivity contribution is -0.119. The Balaban J connectivity index is 2.30. The van der Waals surface area contributed by atoms with Gasteiger partial charge in [-0.2, -0.15) is 4.99 Å². The van der Waals surface area contributed by atoms with Crippen molar-refractivity contribution >= 4 is 11.9 Å². The van der Waals surface area contributed by atoms with E-state index in [9.17, 15) is 9.18 Å². The van der Waals surface area contributed by atoms with Crippen LogP contribution >= 0.6 is 0 Å². The second-order valence-electron chi connectivity index (χ2n) is 4.67. The summed E-state index contributed by atoms with van der Waals surface area (Å²) in [6.07, 6.45) is 0.403. The Hall–Kier alpha value is -2.69. The molecule has 0 unspecified atom stereocenters. The fourth-order valence-corrected chi connectivity index (χ4v) is 2.09. The Labute approximate surface area is 122 Å². The number of hydrogen-bond acceptors (Lipinski definition) is 1. The van der Waals surface area contributed by atoms with E-state index in [0.717, 1.165) is 11.1 Å². The van der Waals surface area contributed by atoms with Gasteiger partial charge in [0.05, 0.1) is 5.92 Å². The van der Waals surface area contributed by atoms with E-state index in [1.807, 2.05) is 30.3 Å². The second-order valence-corrected chi connectivity index (χ2v) is 4.67. The summed E-state index contributed by atoms with van der Waals surface area (Å²) < 4.78 is 13.0. The standard InChI is InChI=1S/C16H16FN3O/c17-13-8-6-11(7-9-13)10-14(15(21)20-16(18)19)12-4-2-1-3-5-12/h1-9,14H,10H2,(H4,18,19,20,21)/t14-/m1/s1. The molecule has 0 saturated heterocycles. The molecule has 1 atom stereocenters. The Morgan fingerprint density at radius 2 is 1.67 bits per heavy atom. The van der Waals surface area contributed by atoms with Gasteiger partial charge in [0.25, 0.3) is 5.91 Å². The van der Waals surface area contributed by atoms with Gasteiger partial charge in [0, 0.05) is 0 Å². The summed E-state index contributed by atoms with van der Waals surface area (Å²) in [5.74, 6) is -1.49. The van der Waals surface area contributed by atoms with Crippen LogP contribution in [0.2, 0.25) is 0 Å². The molecule has 1 amide bonds. The maximum Gasteiger partial charge on any atom is 0.256 e. The highest BCUT2D eigenvalue weighted by Gasteiger charge is 2.20. The van der Waals surface area contributed by atoms with E-state index in [-0.39, 0.29) is 11.8 Å². The number of halogens is 1. The number of rotatable bonds is 4. The van der Waals surface area contributed by atoms with Gasteiger partial charge < -0.3 is 11.5 Å². The lowest BCUT2D eigenvalue weighted by Gasteiger charge is -2.14. The zero-order valence-electron chi connectivity index (χ0n) is 11.4. The Bertz CT molecular complexity index is 634. The minimum absolute atomic E-state index is 0.264. The van der Waals surface area contributed by atoms with Crippen molar-refractivity contribution in [1.82, 2.24) is 0 Å². The predicted octanol–water partition coefficient (Wildman–Crippen LogP) is 1.95. The molecule has 4 nitrogen and oxygen atoms in total. The van der Waals surface area contributed by atoms with Crippen LogP contribution in [0.4, 0.5) is 4.39 Å². The fourth-order valence-electron chi connectivity index (χ4n) is 2.09. The van der Waals surface area contributed by atoms with Crippen LogP contribution in [0.5, 0.6) is 0 Å². The maximum absolute atomic E-state index is 13.0. The first-order chi connectivity index (χ1) is 10.1. The normalized spacial score (nSPS) is 11.7. The monoisotopic (exact) mass is 285 g/mol. The van der Waals surface area contributed by atoms with Gasteiger partial charge in [-0.1, -0.05) is 42.5 Å². The van der Waals surface area contributed by atoms with Crippen LogP contribution in [0, 0.1) is 5.82 Å². The number of carbonyl (C=O) groups excluding carboxylic acids is 1. The molecule has 0 aliphatic rings. The third-order valence-corrected chi connectivity index (χ3v) is 3.09. The number of guanidine groups is 1. The number of carbonyl (C=O) groups is 1. The van der Waals surface area contributed by atoms with Crippen LogP contribution in [-0.2, 0) is 11.2 Å². The Morgan fingerprint density at radius 3 is 2.24 bits per heavy atom. The van der Waals surface area contributed by atoms with E-state index in [1.54, 1.807) is 12.1 Å². The highest BCUT2D eigenvalue weighted by Crippen LogP contribution is 2.22. The van der Waals surface area contributed by atoms with E-state index in [0.29, 0.717) is 6.42 Å². The molecule has 2 aromatic carbocycles. The summed E-state index contributed by atoms with van der Waals surface area (Å²) in [5, 5.41) is 0. The van der Waals surface area contributed by atoms with Crippen LogP contribution in [0.1, 0.15) is 17.0 Å². The summed E-state index contributed by atoms with van der Waals surface area (Å²) in [6, 6.07) is 15.3. The third-order valence-electron chi connectivity index (χ3n) is 3.09. The maximum atomic E-state index is 13.0. The van der Waals surface area contributed by atoms with E-state index in [4.69, 9.17) is 11.5 Å². The van der Waals surface area contributed by atoms with Crippen LogP contribution in [-0.4, -0.2) is 11.9 Å². The minimum atomic E-state index is -0.501. The van der Waals surface area contributed by atoms with Gasteiger partial charge in [-0.05, 0) is 29.7 Å². The summed E-state index contributed by atoms with van der Waals surface area (Å²) in [6.45, 7) is 0. The first-order valence-corrected chi connectivity index (χ1v) is 6.49. The molecule has 0 aliphatic carbocycles. The summed E-state index contributed by atoms with van der Waals surface area (Å²) in [4.78, 5) is 15.8. The minimum Gasteiger partial charge on any atom is -0.370 e. The van der Waals surface area contributed by atoms with Crippen LogP contribution in [0.25, 0.3) is 0 Å². The van der Waals surface area contributed by atoms with Crippen molar-refractivity contribution in [3.8, 4) is 0 Å². The molecule has 0 radical (unpaired) electrons. The number of nitrogens with two attached hydrogens (primary N) is 2. The number of aliphatic imine (C=N–C) groups is 1. The van der Waals surface area contributed by atoms with Crippen LogP contribution in [0.3, 0.4) is 0 Å². The van der Waals surface area contributed by atoms with Gasteiger partial charge in [0.1, 0.15) is 5.82 Å². The molecule has 2 rings (SSSR count). The average molecular weight is 285 g/mol. The second kappa shape index (κ2) is 6.65. The zero-order chi connectivity index (χ0) is 15.2. The molecule has 21 heavy (non-hydrogen) atoms. The van der Waals surface area contributed by atoms with Gasteiger partial charge in [0.2, 0.25) is 0 Å². The molecule has 2 aromatic rings. The smallest absolute Gasteiger partial charge is 0.256 e. The largest absolute Gasteiger partial charge is 0.370 e. The Morgan fingerprint density at radius 1 is 1.05 bits per heavy atom. The van der Waals surface area contributed by atoms with Crippen molar-refractivity contribution in [2.75, 3.05) is 0 Å². The van der Waals surface area contributed by atoms with Crippen molar-refractivity contribution in [3.05, 3.63) is 71.5 Å². The van der Waals surface area contributed by atoms with Crippen molar-refractivity contribution in [3.63, 3.8) is 0 Å². The van der Waals surface area contributed by atoms with E-state index in [2.05, 4.69) is 4.99 Å². The van der Waals surface area contributed by atoms with Gasteiger partial charge in [-0.15, -0.1) is 0 Å². The van der Waals surface area contributed by atoms with Crippen LogP contribution < -0.4 is 11.5 Å². The van der Waals surface area contributed by atoms with Crippen LogP contribution in [0.15, 0.2) is 59.6 Å². The molecule has 0 bridgehead atoms. The SMILES string of the molecule is NC(N)=NC(=O)[C@H](Cc1ccc(F)cc1)c1ccccc1. The van der Waals surface area contributed by atoms with Gasteiger partial charge in [-0.25, -0.2) is 4.39 Å². The quantitative estimate of drug-likeness (QED) is 0.665. The molecular formula is C16H16FN3O. The summed E-state index contributed by atoms with van der Waals surface area (Å²) >= 11 is 0. The molecule has 0 fully saturated rings. The van der Waals surface area contributed by atoms with Gasteiger partial charge >= 0.3 is 0 Å². The van der Waals surface area contributed by atoms with Crippen molar-refractivity contribution in [2.24, 2.45) is 16.5 Å². The average Bonchev–Trinajstić information content (AvgIpc) is 2.46. The molecule has 0 spiro atoms. The van der Waals surface area contributed by atoms with Crippen molar-refractivity contribution in [2.45, 2.75) is 12.3 Å². The molecule has 4 N–H and O–H groups in total. The molecule has 5 heteroatoms. The molecule has 0 saturated carbocycles. The Kier molecular flexibility index (Phi) is 4.66. The molecule has 0 heterocycles. The number of amides is 1. The van der Waals surface area contributed by atoms with Crippen molar-refractivity contribution < 1.29 is 9.18 Å². The summed E-state index contributed by atoms with van der Waals surface area (Å²) in [5.41, 5.74) is 12.2. The molecule has 108 valence electrons.